The topological polar surface area (TPSA) is 55.4 Å². The molecule has 22 heavy (non-hydrogen) atoms. The highest BCUT2D eigenvalue weighted by atomic mass is 32.2. The monoisotopic (exact) mass is 337 g/mol. The third-order valence-corrected chi connectivity index (χ3v) is 5.17. The second-order valence-electron chi connectivity index (χ2n) is 5.51. The van der Waals surface area contributed by atoms with E-state index < -0.39 is 34.0 Å². The summed E-state index contributed by atoms with van der Waals surface area (Å²) in [4.78, 5) is 0. The summed E-state index contributed by atoms with van der Waals surface area (Å²) in [6.07, 6.45) is -4.79. The molecule has 1 aliphatic carbocycles. The van der Waals surface area contributed by atoms with Gasteiger partial charge in [0.15, 0.2) is 0 Å². The molecule has 0 heterocycles. The highest BCUT2D eigenvalue weighted by Crippen LogP contribution is 2.32. The number of halogens is 3. The van der Waals surface area contributed by atoms with Crippen LogP contribution in [-0.2, 0) is 27.6 Å². The van der Waals surface area contributed by atoms with Crippen LogP contribution in [0.2, 0.25) is 0 Å². The number of fused-ring (bicyclic) bond motifs is 1. The zero-order chi connectivity index (χ0) is 16.4. The Labute approximate surface area is 127 Å². The molecule has 0 aliphatic heterocycles. The van der Waals surface area contributed by atoms with Crippen LogP contribution in [0.25, 0.3) is 0 Å². The van der Waals surface area contributed by atoms with Crippen molar-refractivity contribution >= 4 is 10.0 Å². The van der Waals surface area contributed by atoms with Gasteiger partial charge in [-0.25, -0.2) is 13.1 Å². The van der Waals surface area contributed by atoms with Crippen LogP contribution >= 0.6 is 0 Å². The minimum Gasteiger partial charge on any atom is -0.376 e. The number of methoxy groups -OCH3 is 1. The Hall–Kier alpha value is -1.12. The lowest BCUT2D eigenvalue weighted by Gasteiger charge is -2.27. The van der Waals surface area contributed by atoms with E-state index >= 15 is 0 Å². The van der Waals surface area contributed by atoms with Gasteiger partial charge in [-0.1, -0.05) is 24.3 Å². The van der Waals surface area contributed by atoms with E-state index in [0.29, 0.717) is 12.8 Å². The van der Waals surface area contributed by atoms with Crippen molar-refractivity contribution in [2.75, 3.05) is 19.4 Å². The van der Waals surface area contributed by atoms with Gasteiger partial charge in [0.2, 0.25) is 10.0 Å². The first-order valence-electron chi connectivity index (χ1n) is 6.81. The number of benzene rings is 1. The van der Waals surface area contributed by atoms with Crippen molar-refractivity contribution in [1.29, 1.82) is 0 Å². The van der Waals surface area contributed by atoms with Crippen LogP contribution in [0.15, 0.2) is 24.3 Å². The van der Waals surface area contributed by atoms with Gasteiger partial charge in [-0.2, -0.15) is 13.2 Å². The lowest BCUT2D eigenvalue weighted by Crippen LogP contribution is -2.46. The highest BCUT2D eigenvalue weighted by Gasteiger charge is 2.38. The summed E-state index contributed by atoms with van der Waals surface area (Å²) in [6, 6.07) is 7.65. The normalized spacial score (nSPS) is 17.5. The van der Waals surface area contributed by atoms with Gasteiger partial charge in [0.1, 0.15) is 0 Å². The van der Waals surface area contributed by atoms with Gasteiger partial charge in [0.05, 0.1) is 17.8 Å². The van der Waals surface area contributed by atoms with Crippen molar-refractivity contribution in [3.8, 4) is 0 Å². The first-order chi connectivity index (χ1) is 10.1. The molecule has 8 heteroatoms. The molecule has 124 valence electrons. The van der Waals surface area contributed by atoms with Crippen molar-refractivity contribution < 1.29 is 26.3 Å². The lowest BCUT2D eigenvalue weighted by atomic mass is 10.0. The maximum absolute atomic E-state index is 12.1. The van der Waals surface area contributed by atoms with Gasteiger partial charge in [0, 0.05) is 26.5 Å². The number of rotatable bonds is 6. The molecule has 0 spiro atoms. The van der Waals surface area contributed by atoms with E-state index in [0.717, 1.165) is 11.1 Å². The van der Waals surface area contributed by atoms with Crippen LogP contribution in [0.4, 0.5) is 13.2 Å². The van der Waals surface area contributed by atoms with Crippen LogP contribution in [0, 0.1) is 0 Å². The van der Waals surface area contributed by atoms with E-state index in [-0.39, 0.29) is 6.54 Å². The molecule has 0 atom stereocenters. The lowest BCUT2D eigenvalue weighted by molar-refractivity contribution is -0.130. The van der Waals surface area contributed by atoms with Crippen LogP contribution in [-0.4, -0.2) is 39.6 Å². The van der Waals surface area contributed by atoms with Gasteiger partial charge in [0.25, 0.3) is 0 Å². The van der Waals surface area contributed by atoms with Crippen molar-refractivity contribution in [2.24, 2.45) is 0 Å². The molecule has 1 N–H and O–H groups in total. The standard InChI is InChI=1S/C14H18F3NO3S/c1-21-13(8-11-4-2-3-5-12(11)9-13)10-18-22(19,20)7-6-14(15,16)17/h2-5,18H,6-10H2,1H3. The van der Waals surface area contributed by atoms with Gasteiger partial charge >= 0.3 is 6.18 Å². The largest absolute Gasteiger partial charge is 0.390 e. The zero-order valence-corrected chi connectivity index (χ0v) is 12.9. The van der Waals surface area contributed by atoms with Gasteiger partial charge < -0.3 is 4.74 Å². The summed E-state index contributed by atoms with van der Waals surface area (Å²) in [5.74, 6) is -0.969. The van der Waals surface area contributed by atoms with Gasteiger partial charge in [-0.15, -0.1) is 0 Å². The van der Waals surface area contributed by atoms with Crippen molar-refractivity contribution in [1.82, 2.24) is 4.72 Å². The summed E-state index contributed by atoms with van der Waals surface area (Å²) in [7, 11) is -2.51. The van der Waals surface area contributed by atoms with E-state index in [1.807, 2.05) is 24.3 Å². The number of sulfonamides is 1. The molecule has 0 unspecified atom stereocenters. The molecule has 1 aromatic carbocycles. The first kappa shape index (κ1) is 17.2. The molecular formula is C14H18F3NO3S. The smallest absolute Gasteiger partial charge is 0.376 e. The van der Waals surface area contributed by atoms with Crippen LogP contribution in [0.3, 0.4) is 0 Å². The fraction of sp³-hybridized carbons (Fsp3) is 0.571. The molecule has 4 nitrogen and oxygen atoms in total. The molecule has 0 saturated heterocycles. The van der Waals surface area contributed by atoms with E-state index in [4.69, 9.17) is 4.74 Å². The van der Waals surface area contributed by atoms with Crippen LogP contribution < -0.4 is 4.72 Å². The fourth-order valence-corrected chi connectivity index (χ4v) is 3.69. The van der Waals surface area contributed by atoms with E-state index in [1.54, 1.807) is 0 Å². The fourth-order valence-electron chi connectivity index (χ4n) is 2.56. The first-order valence-corrected chi connectivity index (χ1v) is 8.46. The Morgan fingerprint density at radius 1 is 1.23 bits per heavy atom. The average molecular weight is 337 g/mol. The number of ether oxygens (including phenoxy) is 1. The van der Waals surface area contributed by atoms with Crippen LogP contribution in [0.5, 0.6) is 0 Å². The molecule has 0 radical (unpaired) electrons. The number of nitrogens with one attached hydrogen (secondary N) is 1. The maximum Gasteiger partial charge on any atom is 0.390 e. The minimum absolute atomic E-state index is 0.0433. The van der Waals surface area contributed by atoms with E-state index in [9.17, 15) is 21.6 Å². The molecule has 2 rings (SSSR count). The van der Waals surface area contributed by atoms with Crippen LogP contribution in [0.1, 0.15) is 17.5 Å². The van der Waals surface area contributed by atoms with Crippen molar-refractivity contribution in [3.05, 3.63) is 35.4 Å². The number of hydrogen-bond acceptors (Lipinski definition) is 3. The Morgan fingerprint density at radius 3 is 2.23 bits per heavy atom. The molecule has 1 aliphatic rings. The molecule has 0 amide bonds. The van der Waals surface area contributed by atoms with Gasteiger partial charge in [-0.05, 0) is 11.1 Å². The van der Waals surface area contributed by atoms with E-state index in [2.05, 4.69) is 4.72 Å². The number of hydrogen-bond donors (Lipinski definition) is 1. The summed E-state index contributed by atoms with van der Waals surface area (Å²) in [5.41, 5.74) is 1.40. The van der Waals surface area contributed by atoms with E-state index in [1.165, 1.54) is 7.11 Å². The molecule has 0 bridgehead atoms. The predicted molar refractivity (Wildman–Crippen MR) is 76.1 cm³/mol. The van der Waals surface area contributed by atoms with Crippen molar-refractivity contribution in [3.63, 3.8) is 0 Å². The Morgan fingerprint density at radius 2 is 1.77 bits per heavy atom. The molecule has 0 aromatic heterocycles. The third kappa shape index (κ3) is 4.44. The second-order valence-corrected chi connectivity index (χ2v) is 7.44. The highest BCUT2D eigenvalue weighted by molar-refractivity contribution is 7.89. The molecular weight excluding hydrogens is 319 g/mol. The maximum atomic E-state index is 12.1. The Kier molecular flexibility index (Phi) is 4.84. The zero-order valence-electron chi connectivity index (χ0n) is 12.1. The summed E-state index contributed by atoms with van der Waals surface area (Å²) < 4.78 is 67.5. The molecule has 0 saturated carbocycles. The number of alkyl halides is 3. The van der Waals surface area contributed by atoms with Crippen molar-refractivity contribution in [2.45, 2.75) is 31.0 Å². The predicted octanol–water partition coefficient (Wildman–Crippen LogP) is 2.04. The SMILES string of the molecule is COC1(CNS(=O)(=O)CCC(F)(F)F)Cc2ccccc2C1. The Bertz CT molecular complexity index is 603. The van der Waals surface area contributed by atoms with Gasteiger partial charge in [-0.3, -0.25) is 0 Å². The summed E-state index contributed by atoms with van der Waals surface area (Å²) in [6.45, 7) is -0.0433. The molecule has 0 fully saturated rings. The third-order valence-electron chi connectivity index (χ3n) is 3.85. The quantitative estimate of drug-likeness (QED) is 0.864. The summed E-state index contributed by atoms with van der Waals surface area (Å²) in [5, 5.41) is 0. The average Bonchev–Trinajstić information content (AvgIpc) is 2.82. The molecule has 1 aromatic rings. The second kappa shape index (κ2) is 6.17. The minimum atomic E-state index is -4.49. The summed E-state index contributed by atoms with van der Waals surface area (Å²) >= 11 is 0. The Balaban J connectivity index is 1.98.